The number of carbonyl (C=O) groups is 1. The molecule has 1 amide bonds. The van der Waals surface area contributed by atoms with Crippen LogP contribution in [-0.4, -0.2) is 17.7 Å². The standard InChI is InChI=1S/C17H13F3N2O2/c18-17(19,20)13-4-2-1-3-12(13)10-5-7-11(8-6-10)14-9-15(16(21)23)24-22-14/h1-8,15H,9H2,(H2,21,23). The Morgan fingerprint density at radius 3 is 2.29 bits per heavy atom. The first-order valence-corrected chi connectivity index (χ1v) is 7.15. The third kappa shape index (κ3) is 3.10. The molecule has 1 aliphatic heterocycles. The Kier molecular flexibility index (Phi) is 4.01. The van der Waals surface area contributed by atoms with Crippen LogP contribution in [0.4, 0.5) is 13.2 Å². The van der Waals surface area contributed by atoms with Crippen molar-refractivity contribution in [3.8, 4) is 11.1 Å². The highest BCUT2D eigenvalue weighted by molar-refractivity contribution is 6.04. The van der Waals surface area contributed by atoms with Crippen LogP contribution in [0.1, 0.15) is 17.5 Å². The van der Waals surface area contributed by atoms with E-state index in [4.69, 9.17) is 10.6 Å². The van der Waals surface area contributed by atoms with Crippen molar-refractivity contribution in [3.05, 3.63) is 59.7 Å². The van der Waals surface area contributed by atoms with E-state index in [9.17, 15) is 18.0 Å². The average molecular weight is 334 g/mol. The van der Waals surface area contributed by atoms with Crippen LogP contribution >= 0.6 is 0 Å². The minimum Gasteiger partial charge on any atom is -0.382 e. The van der Waals surface area contributed by atoms with E-state index in [2.05, 4.69) is 5.16 Å². The zero-order valence-electron chi connectivity index (χ0n) is 12.4. The maximum absolute atomic E-state index is 13.1. The molecule has 7 heteroatoms. The summed E-state index contributed by atoms with van der Waals surface area (Å²) in [6, 6.07) is 11.9. The summed E-state index contributed by atoms with van der Waals surface area (Å²) in [6.45, 7) is 0. The molecule has 0 aliphatic carbocycles. The number of carbonyl (C=O) groups excluding carboxylic acids is 1. The molecule has 124 valence electrons. The second-order valence-corrected chi connectivity index (χ2v) is 5.36. The van der Waals surface area contributed by atoms with Crippen LogP contribution in [0.2, 0.25) is 0 Å². The van der Waals surface area contributed by atoms with Crippen LogP contribution in [0.25, 0.3) is 11.1 Å². The molecule has 0 fully saturated rings. The molecule has 0 aromatic heterocycles. The van der Waals surface area contributed by atoms with E-state index in [1.807, 2.05) is 0 Å². The van der Waals surface area contributed by atoms with Gasteiger partial charge in [-0.15, -0.1) is 0 Å². The van der Waals surface area contributed by atoms with Crippen molar-refractivity contribution >= 4 is 11.6 Å². The number of nitrogens with zero attached hydrogens (tertiary/aromatic N) is 1. The fraction of sp³-hybridized carbons (Fsp3) is 0.176. The Hall–Kier alpha value is -2.83. The summed E-state index contributed by atoms with van der Waals surface area (Å²) in [5, 5.41) is 3.80. The Balaban J connectivity index is 1.88. The fourth-order valence-electron chi connectivity index (χ4n) is 2.52. The molecule has 24 heavy (non-hydrogen) atoms. The van der Waals surface area contributed by atoms with Gasteiger partial charge in [0.2, 0.25) is 6.10 Å². The van der Waals surface area contributed by atoms with Gasteiger partial charge >= 0.3 is 6.18 Å². The normalized spacial score (nSPS) is 17.3. The molecule has 3 rings (SSSR count). The van der Waals surface area contributed by atoms with Gasteiger partial charge in [0.1, 0.15) is 0 Å². The van der Waals surface area contributed by atoms with Crippen LogP contribution < -0.4 is 5.73 Å². The molecule has 1 aliphatic rings. The number of primary amides is 1. The number of oxime groups is 1. The zero-order chi connectivity index (χ0) is 17.3. The van der Waals surface area contributed by atoms with E-state index in [0.717, 1.165) is 6.07 Å². The Bertz CT molecular complexity index is 798. The maximum Gasteiger partial charge on any atom is 0.417 e. The quantitative estimate of drug-likeness (QED) is 0.935. The minimum absolute atomic E-state index is 0.108. The molecule has 0 bridgehead atoms. The van der Waals surface area contributed by atoms with Crippen molar-refractivity contribution in [2.75, 3.05) is 0 Å². The van der Waals surface area contributed by atoms with E-state index in [0.29, 0.717) is 16.8 Å². The van der Waals surface area contributed by atoms with Crippen LogP contribution in [0.5, 0.6) is 0 Å². The Morgan fingerprint density at radius 1 is 1.08 bits per heavy atom. The van der Waals surface area contributed by atoms with E-state index >= 15 is 0 Å². The highest BCUT2D eigenvalue weighted by Gasteiger charge is 2.33. The second-order valence-electron chi connectivity index (χ2n) is 5.36. The summed E-state index contributed by atoms with van der Waals surface area (Å²) in [7, 11) is 0. The lowest BCUT2D eigenvalue weighted by Crippen LogP contribution is -2.28. The number of hydrogen-bond donors (Lipinski definition) is 1. The van der Waals surface area contributed by atoms with Crippen molar-refractivity contribution in [1.82, 2.24) is 0 Å². The summed E-state index contributed by atoms with van der Waals surface area (Å²) in [4.78, 5) is 16.0. The Labute approximate surface area is 135 Å². The van der Waals surface area contributed by atoms with Gasteiger partial charge < -0.3 is 10.6 Å². The Morgan fingerprint density at radius 2 is 1.71 bits per heavy atom. The van der Waals surface area contributed by atoms with Gasteiger partial charge in [0.05, 0.1) is 11.3 Å². The summed E-state index contributed by atoms with van der Waals surface area (Å²) in [6.07, 6.45) is -4.98. The lowest BCUT2D eigenvalue weighted by molar-refractivity contribution is -0.137. The predicted molar refractivity (Wildman–Crippen MR) is 82.1 cm³/mol. The van der Waals surface area contributed by atoms with Gasteiger partial charge in [-0.05, 0) is 22.8 Å². The number of benzene rings is 2. The molecule has 2 N–H and O–H groups in total. The lowest BCUT2D eigenvalue weighted by Gasteiger charge is -2.13. The monoisotopic (exact) mass is 334 g/mol. The van der Waals surface area contributed by atoms with Gasteiger partial charge in [-0.2, -0.15) is 13.2 Å². The number of hydrogen-bond acceptors (Lipinski definition) is 3. The van der Waals surface area contributed by atoms with Crippen molar-refractivity contribution in [2.24, 2.45) is 10.9 Å². The summed E-state index contributed by atoms with van der Waals surface area (Å²) < 4.78 is 39.3. The van der Waals surface area contributed by atoms with Crippen molar-refractivity contribution in [3.63, 3.8) is 0 Å². The van der Waals surface area contributed by atoms with Crippen LogP contribution in [0, 0.1) is 0 Å². The third-order valence-electron chi connectivity index (χ3n) is 3.75. The highest BCUT2D eigenvalue weighted by atomic mass is 19.4. The predicted octanol–water partition coefficient (Wildman–Crippen LogP) is 3.35. The first kappa shape index (κ1) is 16.0. The largest absolute Gasteiger partial charge is 0.417 e. The number of alkyl halides is 3. The highest BCUT2D eigenvalue weighted by Crippen LogP contribution is 2.37. The molecular formula is C17H13F3N2O2. The molecular weight excluding hydrogens is 321 g/mol. The van der Waals surface area contributed by atoms with Gasteiger partial charge in [0, 0.05) is 6.42 Å². The van der Waals surface area contributed by atoms with E-state index in [1.165, 1.54) is 12.1 Å². The van der Waals surface area contributed by atoms with E-state index < -0.39 is 23.8 Å². The van der Waals surface area contributed by atoms with Crippen LogP contribution in [0.15, 0.2) is 53.7 Å². The molecule has 2 aromatic carbocycles. The van der Waals surface area contributed by atoms with Gasteiger partial charge in [0.15, 0.2) is 0 Å². The molecule has 0 saturated carbocycles. The van der Waals surface area contributed by atoms with E-state index in [1.54, 1.807) is 30.3 Å². The van der Waals surface area contributed by atoms with Gasteiger partial charge in [-0.25, -0.2) is 0 Å². The maximum atomic E-state index is 13.1. The lowest BCUT2D eigenvalue weighted by atomic mass is 9.96. The minimum atomic E-state index is -4.42. The van der Waals surface area contributed by atoms with Gasteiger partial charge in [-0.1, -0.05) is 47.6 Å². The molecule has 2 aromatic rings. The van der Waals surface area contributed by atoms with Crippen molar-refractivity contribution in [1.29, 1.82) is 0 Å². The van der Waals surface area contributed by atoms with Gasteiger partial charge in [-0.3, -0.25) is 4.79 Å². The van der Waals surface area contributed by atoms with Crippen molar-refractivity contribution < 1.29 is 22.8 Å². The number of nitrogens with two attached hydrogens (primary N) is 1. The zero-order valence-corrected chi connectivity index (χ0v) is 12.4. The van der Waals surface area contributed by atoms with Crippen LogP contribution in [-0.2, 0) is 15.8 Å². The van der Waals surface area contributed by atoms with Gasteiger partial charge in [0.25, 0.3) is 5.91 Å². The first-order valence-electron chi connectivity index (χ1n) is 7.15. The third-order valence-corrected chi connectivity index (χ3v) is 3.75. The smallest absolute Gasteiger partial charge is 0.382 e. The molecule has 1 heterocycles. The molecule has 1 atom stereocenters. The molecule has 0 spiro atoms. The molecule has 0 saturated heterocycles. The summed E-state index contributed by atoms with van der Waals surface area (Å²) >= 11 is 0. The average Bonchev–Trinajstić information content (AvgIpc) is 3.04. The van der Waals surface area contributed by atoms with E-state index in [-0.39, 0.29) is 12.0 Å². The topological polar surface area (TPSA) is 64.7 Å². The first-order chi connectivity index (χ1) is 11.4. The summed E-state index contributed by atoms with van der Waals surface area (Å²) in [5.74, 6) is -0.607. The second kappa shape index (κ2) is 5.99. The number of rotatable bonds is 3. The molecule has 4 nitrogen and oxygen atoms in total. The SMILES string of the molecule is NC(=O)C1CC(c2ccc(-c3ccccc3C(F)(F)F)cc2)=NO1. The number of amides is 1. The fourth-order valence-corrected chi connectivity index (χ4v) is 2.52. The van der Waals surface area contributed by atoms with Crippen molar-refractivity contribution in [2.45, 2.75) is 18.7 Å². The van der Waals surface area contributed by atoms with Crippen LogP contribution in [0.3, 0.4) is 0 Å². The number of halogens is 3. The summed E-state index contributed by atoms with van der Waals surface area (Å²) in [5.41, 5.74) is 6.22. The molecule has 1 unspecified atom stereocenters. The molecule has 0 radical (unpaired) electrons.